The molecular weight excluding hydrogens is 339 g/mol. The van der Waals surface area contributed by atoms with Crippen molar-refractivity contribution in [3.05, 3.63) is 52.3 Å². The Labute approximate surface area is 130 Å². The van der Waals surface area contributed by atoms with E-state index in [1.165, 1.54) is 12.1 Å². The molecule has 0 aromatic heterocycles. The number of nitrogens with one attached hydrogen (secondary N) is 1. The van der Waals surface area contributed by atoms with E-state index in [4.69, 9.17) is 10.5 Å². The molecule has 0 fully saturated rings. The summed E-state index contributed by atoms with van der Waals surface area (Å²) in [5, 5.41) is 2.51. The molecule has 0 heterocycles. The number of amides is 1. The Balaban J connectivity index is 1.95. The molecule has 0 aliphatic carbocycles. The molecule has 2 aromatic carbocycles. The molecule has 2 aromatic rings. The highest BCUT2D eigenvalue weighted by molar-refractivity contribution is 9.10. The van der Waals surface area contributed by atoms with Gasteiger partial charge in [-0.25, -0.2) is 4.39 Å². The van der Waals surface area contributed by atoms with E-state index in [1.54, 1.807) is 6.07 Å². The summed E-state index contributed by atoms with van der Waals surface area (Å²) in [6, 6.07) is 9.19. The molecule has 4 nitrogen and oxygen atoms in total. The van der Waals surface area contributed by atoms with Crippen LogP contribution in [0.1, 0.15) is 5.56 Å². The molecule has 3 N–H and O–H groups in total. The average molecular weight is 353 g/mol. The van der Waals surface area contributed by atoms with Crippen LogP contribution in [0.3, 0.4) is 0 Å². The minimum absolute atomic E-state index is 0.184. The zero-order valence-electron chi connectivity index (χ0n) is 11.3. The Bertz CT molecular complexity index is 677. The van der Waals surface area contributed by atoms with Gasteiger partial charge in [0.25, 0.3) is 5.91 Å². The smallest absolute Gasteiger partial charge is 0.262 e. The molecule has 0 aliphatic rings. The number of carbonyl (C=O) groups excluding carboxylic acids is 1. The molecule has 1 amide bonds. The van der Waals surface area contributed by atoms with Crippen LogP contribution < -0.4 is 15.8 Å². The van der Waals surface area contributed by atoms with Gasteiger partial charge in [-0.2, -0.15) is 0 Å². The van der Waals surface area contributed by atoms with Gasteiger partial charge in [0.2, 0.25) is 0 Å². The normalized spacial score (nSPS) is 10.2. The van der Waals surface area contributed by atoms with Gasteiger partial charge in [-0.3, -0.25) is 4.79 Å². The lowest BCUT2D eigenvalue weighted by Gasteiger charge is -2.10. The number of halogens is 2. The predicted molar refractivity (Wildman–Crippen MR) is 83.8 cm³/mol. The summed E-state index contributed by atoms with van der Waals surface area (Å²) in [6.45, 7) is 1.74. The number of hydrogen-bond acceptors (Lipinski definition) is 3. The van der Waals surface area contributed by atoms with E-state index in [0.717, 1.165) is 16.1 Å². The van der Waals surface area contributed by atoms with Crippen LogP contribution >= 0.6 is 15.9 Å². The highest BCUT2D eigenvalue weighted by Crippen LogP contribution is 2.22. The van der Waals surface area contributed by atoms with Crippen LogP contribution in [0.15, 0.2) is 40.9 Å². The summed E-state index contributed by atoms with van der Waals surface area (Å²) in [5.74, 6) is -0.296. The van der Waals surface area contributed by atoms with Crippen molar-refractivity contribution in [2.24, 2.45) is 0 Å². The third kappa shape index (κ3) is 4.19. The first-order valence-corrected chi connectivity index (χ1v) is 6.99. The second-order valence-corrected chi connectivity index (χ2v) is 5.33. The summed E-state index contributed by atoms with van der Waals surface area (Å²) >= 11 is 3.38. The first-order chi connectivity index (χ1) is 9.95. The number of carbonyl (C=O) groups is 1. The lowest BCUT2D eigenvalue weighted by atomic mass is 10.2. The molecule has 0 aliphatic heterocycles. The fourth-order valence-corrected chi connectivity index (χ4v) is 1.93. The van der Waals surface area contributed by atoms with Crippen molar-refractivity contribution in [2.75, 3.05) is 17.7 Å². The fraction of sp³-hybridized carbons (Fsp3) is 0.133. The first-order valence-electron chi connectivity index (χ1n) is 6.19. The second-order valence-electron chi connectivity index (χ2n) is 4.48. The third-order valence-electron chi connectivity index (χ3n) is 2.79. The second kappa shape index (κ2) is 6.58. The van der Waals surface area contributed by atoms with Gasteiger partial charge in [0.05, 0.1) is 11.4 Å². The van der Waals surface area contributed by atoms with E-state index in [0.29, 0.717) is 11.4 Å². The van der Waals surface area contributed by atoms with E-state index in [-0.39, 0.29) is 12.3 Å². The van der Waals surface area contributed by atoms with E-state index in [1.807, 2.05) is 19.1 Å². The molecule has 0 atom stereocenters. The van der Waals surface area contributed by atoms with Crippen molar-refractivity contribution in [2.45, 2.75) is 6.92 Å². The SMILES string of the molecule is Cc1cc(OCC(=O)Nc2cc(F)ccc2N)ccc1Br. The fourth-order valence-electron chi connectivity index (χ4n) is 1.68. The number of ether oxygens (including phenoxy) is 1. The maximum absolute atomic E-state index is 13.1. The molecule has 0 spiro atoms. The third-order valence-corrected chi connectivity index (χ3v) is 3.68. The molecule has 2 rings (SSSR count). The number of rotatable bonds is 4. The van der Waals surface area contributed by atoms with Gasteiger partial charge in [0.1, 0.15) is 11.6 Å². The standard InChI is InChI=1S/C15H14BrFN2O2/c1-9-6-11(3-4-12(9)16)21-8-15(20)19-14-7-10(17)2-5-13(14)18/h2-7H,8,18H2,1H3,(H,19,20). The van der Waals surface area contributed by atoms with E-state index in [9.17, 15) is 9.18 Å². The zero-order chi connectivity index (χ0) is 15.4. The van der Waals surface area contributed by atoms with Crippen LogP contribution in [-0.4, -0.2) is 12.5 Å². The molecule has 21 heavy (non-hydrogen) atoms. The van der Waals surface area contributed by atoms with Crippen molar-refractivity contribution < 1.29 is 13.9 Å². The Morgan fingerprint density at radius 2 is 2.10 bits per heavy atom. The van der Waals surface area contributed by atoms with Crippen molar-refractivity contribution in [3.8, 4) is 5.75 Å². The Kier molecular flexibility index (Phi) is 4.80. The lowest BCUT2D eigenvalue weighted by molar-refractivity contribution is -0.118. The van der Waals surface area contributed by atoms with Crippen LogP contribution in [0.2, 0.25) is 0 Å². The van der Waals surface area contributed by atoms with Crippen LogP contribution in [0.5, 0.6) is 5.75 Å². The summed E-state index contributed by atoms with van der Waals surface area (Å²) in [7, 11) is 0. The highest BCUT2D eigenvalue weighted by Gasteiger charge is 2.08. The molecule has 0 saturated heterocycles. The minimum atomic E-state index is -0.469. The van der Waals surface area contributed by atoms with E-state index in [2.05, 4.69) is 21.2 Å². The van der Waals surface area contributed by atoms with Gasteiger partial charge in [-0.05, 0) is 48.9 Å². The number of hydrogen-bond donors (Lipinski definition) is 2. The zero-order valence-corrected chi connectivity index (χ0v) is 12.9. The molecule has 6 heteroatoms. The van der Waals surface area contributed by atoms with Crippen LogP contribution in [0.4, 0.5) is 15.8 Å². The molecule has 110 valence electrons. The van der Waals surface area contributed by atoms with Crippen molar-refractivity contribution in [1.82, 2.24) is 0 Å². The topological polar surface area (TPSA) is 64.3 Å². The maximum Gasteiger partial charge on any atom is 0.262 e. The van der Waals surface area contributed by atoms with Crippen molar-refractivity contribution in [3.63, 3.8) is 0 Å². The lowest BCUT2D eigenvalue weighted by Crippen LogP contribution is -2.21. The van der Waals surface area contributed by atoms with Gasteiger partial charge in [0.15, 0.2) is 6.61 Å². The predicted octanol–water partition coefficient (Wildman–Crippen LogP) is 3.50. The molecule has 0 radical (unpaired) electrons. The monoisotopic (exact) mass is 352 g/mol. The van der Waals surface area contributed by atoms with Crippen molar-refractivity contribution >= 4 is 33.2 Å². The summed E-state index contributed by atoms with van der Waals surface area (Å²) in [4.78, 5) is 11.8. The molecule has 0 bridgehead atoms. The Hall–Kier alpha value is -2.08. The highest BCUT2D eigenvalue weighted by atomic mass is 79.9. The van der Waals surface area contributed by atoms with Gasteiger partial charge >= 0.3 is 0 Å². The van der Waals surface area contributed by atoms with E-state index < -0.39 is 11.7 Å². The number of aryl methyl sites for hydroxylation is 1. The Morgan fingerprint density at radius 3 is 2.81 bits per heavy atom. The van der Waals surface area contributed by atoms with Crippen LogP contribution in [0, 0.1) is 12.7 Å². The molecule has 0 saturated carbocycles. The van der Waals surface area contributed by atoms with Gasteiger partial charge in [-0.1, -0.05) is 15.9 Å². The molecule has 0 unspecified atom stereocenters. The Morgan fingerprint density at radius 1 is 1.33 bits per heavy atom. The van der Waals surface area contributed by atoms with Gasteiger partial charge < -0.3 is 15.8 Å². The number of benzene rings is 2. The van der Waals surface area contributed by atoms with Crippen LogP contribution in [-0.2, 0) is 4.79 Å². The number of anilines is 2. The van der Waals surface area contributed by atoms with Gasteiger partial charge in [0, 0.05) is 4.47 Å². The summed E-state index contributed by atoms with van der Waals surface area (Å²) < 4.78 is 19.4. The largest absolute Gasteiger partial charge is 0.484 e. The van der Waals surface area contributed by atoms with E-state index >= 15 is 0 Å². The quantitative estimate of drug-likeness (QED) is 0.827. The minimum Gasteiger partial charge on any atom is -0.484 e. The summed E-state index contributed by atoms with van der Waals surface area (Å²) in [6.07, 6.45) is 0. The van der Waals surface area contributed by atoms with Crippen LogP contribution in [0.25, 0.3) is 0 Å². The number of nitrogens with two attached hydrogens (primary N) is 1. The first kappa shape index (κ1) is 15.3. The molecular formula is C15H14BrFN2O2. The average Bonchev–Trinajstić information content (AvgIpc) is 2.44. The number of nitrogen functional groups attached to an aromatic ring is 1. The van der Waals surface area contributed by atoms with Gasteiger partial charge in [-0.15, -0.1) is 0 Å². The maximum atomic E-state index is 13.1. The summed E-state index contributed by atoms with van der Waals surface area (Å²) in [5.41, 5.74) is 7.18. The van der Waals surface area contributed by atoms with Crippen molar-refractivity contribution in [1.29, 1.82) is 0 Å².